The number of carbonyl (C=O) groups excluding carboxylic acids is 1. The standard InChI is InChI=1S/C32H41N7O2/c1-2-30(40)39-19-18-37(23-26(39)13-14-33)31-27-12-11-25(38-17-7-9-24-8-3-4-10-29(24)38)22-28(27)34-32(35-31)41-21-20-36-15-5-6-16-36/h2-4,8,10,25-26H,1,5-7,9,11-13,15-23H2. The molecule has 9 nitrogen and oxygen atoms in total. The van der Waals surface area contributed by atoms with Gasteiger partial charge >= 0.3 is 6.01 Å². The van der Waals surface area contributed by atoms with Gasteiger partial charge < -0.3 is 19.4 Å². The molecule has 1 aliphatic carbocycles. The van der Waals surface area contributed by atoms with Gasteiger partial charge in [-0.1, -0.05) is 24.8 Å². The number of nitrogens with zero attached hydrogens (tertiary/aromatic N) is 7. The number of aryl methyl sites for hydroxylation is 1. The van der Waals surface area contributed by atoms with Crippen molar-refractivity contribution in [1.29, 1.82) is 5.26 Å². The lowest BCUT2D eigenvalue weighted by Crippen LogP contribution is -2.55. The van der Waals surface area contributed by atoms with Crippen molar-refractivity contribution in [2.45, 2.75) is 63.5 Å². The Labute approximate surface area is 243 Å². The van der Waals surface area contributed by atoms with E-state index in [-0.39, 0.29) is 18.4 Å². The van der Waals surface area contributed by atoms with Crippen molar-refractivity contribution in [2.75, 3.05) is 62.2 Å². The van der Waals surface area contributed by atoms with Crippen molar-refractivity contribution < 1.29 is 9.53 Å². The highest BCUT2D eigenvalue weighted by Crippen LogP contribution is 2.36. The van der Waals surface area contributed by atoms with Crippen LogP contribution >= 0.6 is 0 Å². The second-order valence-electron chi connectivity index (χ2n) is 11.7. The number of likely N-dealkylation sites (tertiary alicyclic amines) is 1. The number of aromatic nitrogens is 2. The van der Waals surface area contributed by atoms with Crippen molar-refractivity contribution in [3.05, 3.63) is 53.7 Å². The molecule has 4 aliphatic rings. The first-order valence-corrected chi connectivity index (χ1v) is 15.3. The van der Waals surface area contributed by atoms with Crippen LogP contribution in [-0.4, -0.2) is 90.2 Å². The van der Waals surface area contributed by atoms with Gasteiger partial charge in [0.25, 0.3) is 0 Å². The van der Waals surface area contributed by atoms with E-state index < -0.39 is 0 Å². The first-order valence-electron chi connectivity index (χ1n) is 15.3. The summed E-state index contributed by atoms with van der Waals surface area (Å²) in [4.78, 5) is 31.6. The lowest BCUT2D eigenvalue weighted by Gasteiger charge is -2.43. The highest BCUT2D eigenvalue weighted by molar-refractivity contribution is 5.87. The molecule has 216 valence electrons. The van der Waals surface area contributed by atoms with Crippen molar-refractivity contribution in [2.24, 2.45) is 0 Å². The van der Waals surface area contributed by atoms with Gasteiger partial charge in [-0.2, -0.15) is 15.2 Å². The van der Waals surface area contributed by atoms with Crippen LogP contribution in [-0.2, 0) is 24.1 Å². The topological polar surface area (TPSA) is 88.8 Å². The Morgan fingerprint density at radius 1 is 1.10 bits per heavy atom. The molecule has 3 aliphatic heterocycles. The van der Waals surface area contributed by atoms with Gasteiger partial charge in [-0.15, -0.1) is 0 Å². The molecule has 0 bridgehead atoms. The number of anilines is 2. The van der Waals surface area contributed by atoms with Crippen molar-refractivity contribution >= 4 is 17.4 Å². The SMILES string of the molecule is C=CC(=O)N1CCN(c2nc(OCCN3CCCC3)nc3c2CCC(N2CCCc4ccccc42)C3)CC1CC#N. The number of carbonyl (C=O) groups is 1. The summed E-state index contributed by atoms with van der Waals surface area (Å²) >= 11 is 0. The fourth-order valence-electron chi connectivity index (χ4n) is 7.10. The third-order valence-electron chi connectivity index (χ3n) is 9.20. The monoisotopic (exact) mass is 555 g/mol. The lowest BCUT2D eigenvalue weighted by atomic mass is 9.88. The first kappa shape index (κ1) is 27.5. The number of benzene rings is 1. The molecule has 0 spiro atoms. The highest BCUT2D eigenvalue weighted by atomic mass is 16.5. The van der Waals surface area contributed by atoms with Crippen LogP contribution in [0.4, 0.5) is 11.5 Å². The minimum atomic E-state index is -0.203. The second kappa shape index (κ2) is 12.5. The number of piperazine rings is 1. The maximum atomic E-state index is 12.5. The van der Waals surface area contributed by atoms with Crippen molar-refractivity contribution in [3.8, 4) is 12.1 Å². The molecule has 2 fully saturated rings. The van der Waals surface area contributed by atoms with E-state index in [0.29, 0.717) is 38.3 Å². The minimum Gasteiger partial charge on any atom is -0.462 e. The highest BCUT2D eigenvalue weighted by Gasteiger charge is 2.35. The van der Waals surface area contributed by atoms with E-state index in [9.17, 15) is 10.1 Å². The summed E-state index contributed by atoms with van der Waals surface area (Å²) in [5.41, 5.74) is 5.07. The Bertz CT molecular complexity index is 1300. The summed E-state index contributed by atoms with van der Waals surface area (Å²) in [5.74, 6) is 0.794. The lowest BCUT2D eigenvalue weighted by molar-refractivity contribution is -0.128. The quantitative estimate of drug-likeness (QED) is 0.458. The van der Waals surface area contributed by atoms with E-state index in [1.807, 2.05) is 0 Å². The number of hydrogen-bond donors (Lipinski definition) is 0. The number of fused-ring (bicyclic) bond motifs is 2. The van der Waals surface area contributed by atoms with Gasteiger partial charge in [0.2, 0.25) is 5.91 Å². The number of amides is 1. The molecule has 4 heterocycles. The maximum Gasteiger partial charge on any atom is 0.318 e. The van der Waals surface area contributed by atoms with Gasteiger partial charge in [-0.25, -0.2) is 0 Å². The molecule has 6 rings (SSSR count). The second-order valence-corrected chi connectivity index (χ2v) is 11.7. The summed E-state index contributed by atoms with van der Waals surface area (Å²) in [6, 6.07) is 11.7. The Hall–Kier alpha value is -3.64. The number of rotatable bonds is 8. The van der Waals surface area contributed by atoms with E-state index in [1.54, 1.807) is 4.90 Å². The smallest absolute Gasteiger partial charge is 0.318 e. The molecular formula is C32H41N7O2. The third kappa shape index (κ3) is 5.89. The predicted molar refractivity (Wildman–Crippen MR) is 159 cm³/mol. The summed E-state index contributed by atoms with van der Waals surface area (Å²) in [5, 5.41) is 9.51. The minimum absolute atomic E-state index is 0.120. The molecule has 0 saturated carbocycles. The summed E-state index contributed by atoms with van der Waals surface area (Å²) in [7, 11) is 0. The largest absolute Gasteiger partial charge is 0.462 e. The molecule has 2 unspecified atom stereocenters. The van der Waals surface area contributed by atoms with Gasteiger partial charge in [0.05, 0.1) is 24.2 Å². The Kier molecular flexibility index (Phi) is 8.38. The number of hydrogen-bond acceptors (Lipinski definition) is 8. The van der Waals surface area contributed by atoms with Crippen LogP contribution in [0.5, 0.6) is 6.01 Å². The van der Waals surface area contributed by atoms with E-state index >= 15 is 0 Å². The normalized spacial score (nSPS) is 22.6. The maximum absolute atomic E-state index is 12.5. The molecule has 1 aromatic heterocycles. The van der Waals surface area contributed by atoms with Gasteiger partial charge in [0.1, 0.15) is 12.4 Å². The Morgan fingerprint density at radius 3 is 2.78 bits per heavy atom. The Balaban J connectivity index is 1.27. The molecule has 2 aromatic rings. The van der Waals surface area contributed by atoms with Gasteiger partial charge in [-0.3, -0.25) is 9.69 Å². The Morgan fingerprint density at radius 2 is 1.95 bits per heavy atom. The van der Waals surface area contributed by atoms with E-state index in [0.717, 1.165) is 63.4 Å². The van der Waals surface area contributed by atoms with Crippen LogP contribution in [0.1, 0.15) is 48.9 Å². The van der Waals surface area contributed by atoms with Crippen molar-refractivity contribution in [3.63, 3.8) is 0 Å². The molecular weight excluding hydrogens is 514 g/mol. The molecule has 1 amide bonds. The van der Waals surface area contributed by atoms with Crippen molar-refractivity contribution in [1.82, 2.24) is 19.8 Å². The molecule has 9 heteroatoms. The van der Waals surface area contributed by atoms with Crippen LogP contribution in [0.2, 0.25) is 0 Å². The van der Waals surface area contributed by atoms with E-state index in [2.05, 4.69) is 51.6 Å². The molecule has 41 heavy (non-hydrogen) atoms. The molecule has 0 N–H and O–H groups in total. The average molecular weight is 556 g/mol. The molecule has 0 radical (unpaired) electrons. The molecule has 2 atom stereocenters. The first-order chi connectivity index (χ1) is 20.1. The molecule has 2 saturated heterocycles. The summed E-state index contributed by atoms with van der Waals surface area (Å²) in [6.45, 7) is 10.2. The van der Waals surface area contributed by atoms with Crippen LogP contribution in [0, 0.1) is 11.3 Å². The fraction of sp³-hybridized carbons (Fsp3) is 0.562. The molecule has 1 aromatic carbocycles. The number of para-hydroxylation sites is 1. The van der Waals surface area contributed by atoms with E-state index in [4.69, 9.17) is 14.7 Å². The number of ether oxygens (including phenoxy) is 1. The summed E-state index contributed by atoms with van der Waals surface area (Å²) < 4.78 is 6.22. The van der Waals surface area contributed by atoms with Gasteiger partial charge in [0, 0.05) is 56.4 Å². The van der Waals surface area contributed by atoms with Crippen LogP contribution in [0.15, 0.2) is 36.9 Å². The zero-order valence-corrected chi connectivity index (χ0v) is 24.0. The van der Waals surface area contributed by atoms with E-state index in [1.165, 1.54) is 42.2 Å². The number of nitriles is 1. The van der Waals surface area contributed by atoms with Crippen LogP contribution < -0.4 is 14.5 Å². The van der Waals surface area contributed by atoms with Crippen LogP contribution in [0.3, 0.4) is 0 Å². The summed E-state index contributed by atoms with van der Waals surface area (Å²) in [6.07, 6.45) is 9.25. The fourth-order valence-corrected chi connectivity index (χ4v) is 7.10. The zero-order valence-electron chi connectivity index (χ0n) is 24.0. The average Bonchev–Trinajstić information content (AvgIpc) is 3.53. The zero-order chi connectivity index (χ0) is 28.2. The van der Waals surface area contributed by atoms with Gasteiger partial charge in [-0.05, 0) is 69.3 Å². The van der Waals surface area contributed by atoms with Crippen LogP contribution in [0.25, 0.3) is 0 Å². The van der Waals surface area contributed by atoms with Gasteiger partial charge in [0.15, 0.2) is 0 Å². The predicted octanol–water partition coefficient (Wildman–Crippen LogP) is 3.38. The third-order valence-corrected chi connectivity index (χ3v) is 9.20.